The number of nitrogens with one attached hydrogen (secondary N) is 3. The molecule has 0 aliphatic rings. The number of aromatic nitrogens is 3. The Bertz CT molecular complexity index is 1490. The molecule has 8 nitrogen and oxygen atoms in total. The molecule has 4 aromatic rings. The molecule has 0 unspecified atom stereocenters. The number of hydrogen-bond acceptors (Lipinski definition) is 7. The summed E-state index contributed by atoms with van der Waals surface area (Å²) in [7, 11) is 0. The van der Waals surface area contributed by atoms with Crippen LogP contribution in [-0.2, 0) is 4.79 Å². The normalized spacial score (nSPS) is 12.1. The molecule has 0 radical (unpaired) electrons. The van der Waals surface area contributed by atoms with Crippen LogP contribution in [0.3, 0.4) is 0 Å². The molecule has 2 aromatic carbocycles. The molecule has 1 amide bonds. The third kappa shape index (κ3) is 5.14. The first-order valence-corrected chi connectivity index (χ1v) is 10.6. The van der Waals surface area contributed by atoms with Crippen LogP contribution in [0.4, 0.5) is 30.5 Å². The second-order valence-electron chi connectivity index (χ2n) is 7.74. The third-order valence-corrected chi connectivity index (χ3v) is 5.32. The van der Waals surface area contributed by atoms with Crippen molar-refractivity contribution in [1.82, 2.24) is 15.0 Å². The van der Waals surface area contributed by atoms with E-state index >= 15 is 0 Å². The number of anilines is 3. The molecular formula is C25H20F3N7O. The second-order valence-corrected chi connectivity index (χ2v) is 7.74. The van der Waals surface area contributed by atoms with Gasteiger partial charge in [0.25, 0.3) is 5.91 Å². The lowest BCUT2D eigenvalue weighted by molar-refractivity contribution is -0.114. The molecule has 36 heavy (non-hydrogen) atoms. The predicted octanol–water partition coefficient (Wildman–Crippen LogP) is 5.10. The van der Waals surface area contributed by atoms with Crippen molar-refractivity contribution in [1.29, 1.82) is 5.41 Å². The van der Waals surface area contributed by atoms with Crippen LogP contribution in [0.1, 0.15) is 5.56 Å². The molecule has 2 aromatic heterocycles. The molecule has 5 N–H and O–H groups in total. The summed E-state index contributed by atoms with van der Waals surface area (Å²) in [5.41, 5.74) is 5.71. The van der Waals surface area contributed by atoms with Gasteiger partial charge in [0.05, 0.1) is 11.3 Å². The highest BCUT2D eigenvalue weighted by molar-refractivity contribution is 6.18. The minimum Gasteiger partial charge on any atom is -0.368 e. The first-order chi connectivity index (χ1) is 17.2. The van der Waals surface area contributed by atoms with Gasteiger partial charge in [-0.1, -0.05) is 18.2 Å². The van der Waals surface area contributed by atoms with Crippen LogP contribution in [0.2, 0.25) is 0 Å². The van der Waals surface area contributed by atoms with Gasteiger partial charge in [0.15, 0.2) is 0 Å². The minimum atomic E-state index is -4.94. The zero-order valence-corrected chi connectivity index (χ0v) is 18.9. The number of halogens is 3. The van der Waals surface area contributed by atoms with Crippen molar-refractivity contribution in [2.45, 2.75) is 13.1 Å². The monoisotopic (exact) mass is 491 g/mol. The first-order valence-electron chi connectivity index (χ1n) is 10.6. The van der Waals surface area contributed by atoms with E-state index in [1.165, 1.54) is 30.7 Å². The van der Waals surface area contributed by atoms with E-state index in [0.717, 1.165) is 0 Å². The summed E-state index contributed by atoms with van der Waals surface area (Å²) in [6, 6.07) is 12.8. The molecule has 0 fully saturated rings. The molecule has 0 spiro atoms. The molecule has 0 saturated heterocycles. The Hall–Kier alpha value is -4.80. The molecule has 0 atom stereocenters. The number of pyridine rings is 1. The lowest BCUT2D eigenvalue weighted by atomic mass is 10.0. The lowest BCUT2D eigenvalue weighted by Gasteiger charge is -2.19. The van der Waals surface area contributed by atoms with Crippen molar-refractivity contribution in [3.8, 4) is 11.3 Å². The summed E-state index contributed by atoms with van der Waals surface area (Å²) in [4.78, 5) is 24.8. The molecule has 4 rings (SSSR count). The standard InChI is InChI=1S/C25H20F3N7O/c1-14-11-16(5-6-17(14)21-8-10-32-24(30)35-21)33-23(36)18(12-29)22(25(26,27)28)34-20-4-2-3-15-7-9-31-13-19(15)20/h2-13,29,34H,1H3,(H,33,36)(H2,30,32,35)/b22-18+,29-12?. The Labute approximate surface area is 203 Å². The molecule has 0 saturated carbocycles. The molecular weight excluding hydrogens is 471 g/mol. The van der Waals surface area contributed by atoms with Crippen LogP contribution < -0.4 is 16.4 Å². The number of nitrogens with two attached hydrogens (primary N) is 1. The largest absolute Gasteiger partial charge is 0.432 e. The number of hydrogen-bond donors (Lipinski definition) is 4. The summed E-state index contributed by atoms with van der Waals surface area (Å²) in [6.07, 6.45) is -0.117. The van der Waals surface area contributed by atoms with Gasteiger partial charge in [-0.15, -0.1) is 0 Å². The molecule has 0 aliphatic heterocycles. The zero-order chi connectivity index (χ0) is 25.9. The summed E-state index contributed by atoms with van der Waals surface area (Å²) in [5, 5.41) is 13.4. The quantitative estimate of drug-likeness (QED) is 0.219. The van der Waals surface area contributed by atoms with Gasteiger partial charge in [-0.2, -0.15) is 13.2 Å². The lowest BCUT2D eigenvalue weighted by Crippen LogP contribution is -2.27. The second kappa shape index (κ2) is 9.82. The van der Waals surface area contributed by atoms with Crippen molar-refractivity contribution >= 4 is 40.2 Å². The van der Waals surface area contributed by atoms with Crippen LogP contribution >= 0.6 is 0 Å². The van der Waals surface area contributed by atoms with Crippen LogP contribution in [-0.4, -0.2) is 33.3 Å². The van der Waals surface area contributed by atoms with E-state index in [1.807, 2.05) is 0 Å². The van der Waals surface area contributed by atoms with Gasteiger partial charge >= 0.3 is 6.18 Å². The highest BCUT2D eigenvalue weighted by atomic mass is 19.4. The van der Waals surface area contributed by atoms with Gasteiger partial charge in [0, 0.05) is 47.1 Å². The Morgan fingerprint density at radius 2 is 1.89 bits per heavy atom. The summed E-state index contributed by atoms with van der Waals surface area (Å²) >= 11 is 0. The van der Waals surface area contributed by atoms with Crippen LogP contribution in [0.25, 0.3) is 22.0 Å². The molecule has 2 heterocycles. The number of nitrogen functional groups attached to an aromatic ring is 1. The highest BCUT2D eigenvalue weighted by Crippen LogP contribution is 2.32. The number of carbonyl (C=O) groups is 1. The number of carbonyl (C=O) groups excluding carboxylic acids is 1. The van der Waals surface area contributed by atoms with E-state index < -0.39 is 23.4 Å². The Balaban J connectivity index is 1.67. The average molecular weight is 491 g/mol. The number of allylic oxidation sites excluding steroid dienone is 1. The molecule has 0 aliphatic carbocycles. The fourth-order valence-electron chi connectivity index (χ4n) is 3.65. The van der Waals surface area contributed by atoms with Crippen LogP contribution in [0.15, 0.2) is 78.4 Å². The number of alkyl halides is 3. The van der Waals surface area contributed by atoms with E-state index in [4.69, 9.17) is 11.1 Å². The maximum Gasteiger partial charge on any atom is 0.432 e. The number of amides is 1. The van der Waals surface area contributed by atoms with Gasteiger partial charge in [-0.25, -0.2) is 9.97 Å². The highest BCUT2D eigenvalue weighted by Gasteiger charge is 2.38. The van der Waals surface area contributed by atoms with E-state index in [2.05, 4.69) is 25.6 Å². The van der Waals surface area contributed by atoms with Gasteiger partial charge in [0.1, 0.15) is 5.70 Å². The fraction of sp³-hybridized carbons (Fsp3) is 0.0800. The van der Waals surface area contributed by atoms with E-state index in [1.54, 1.807) is 43.3 Å². The van der Waals surface area contributed by atoms with E-state index in [9.17, 15) is 18.0 Å². The fourth-order valence-corrected chi connectivity index (χ4v) is 3.65. The van der Waals surface area contributed by atoms with Crippen molar-refractivity contribution in [2.24, 2.45) is 0 Å². The Morgan fingerprint density at radius 3 is 2.58 bits per heavy atom. The maximum absolute atomic E-state index is 14.0. The molecule has 0 bridgehead atoms. The number of aryl methyl sites for hydroxylation is 1. The topological polar surface area (TPSA) is 130 Å². The number of benzene rings is 2. The molecule has 182 valence electrons. The smallest absolute Gasteiger partial charge is 0.368 e. The number of rotatable bonds is 6. The zero-order valence-electron chi connectivity index (χ0n) is 18.9. The summed E-state index contributed by atoms with van der Waals surface area (Å²) < 4.78 is 42.1. The Kier molecular flexibility index (Phi) is 6.64. The Morgan fingerprint density at radius 1 is 1.08 bits per heavy atom. The summed E-state index contributed by atoms with van der Waals surface area (Å²) in [5.74, 6) is -0.999. The number of nitrogens with zero attached hydrogens (tertiary/aromatic N) is 3. The van der Waals surface area contributed by atoms with Gasteiger partial charge < -0.3 is 21.8 Å². The van der Waals surface area contributed by atoms with Crippen LogP contribution in [0.5, 0.6) is 0 Å². The average Bonchev–Trinajstić information content (AvgIpc) is 2.83. The van der Waals surface area contributed by atoms with Crippen molar-refractivity contribution < 1.29 is 18.0 Å². The van der Waals surface area contributed by atoms with E-state index in [-0.39, 0.29) is 17.3 Å². The first kappa shape index (κ1) is 24.3. The van der Waals surface area contributed by atoms with Crippen LogP contribution in [0, 0.1) is 12.3 Å². The number of fused-ring (bicyclic) bond motifs is 1. The van der Waals surface area contributed by atoms with Gasteiger partial charge in [0.2, 0.25) is 5.95 Å². The summed E-state index contributed by atoms with van der Waals surface area (Å²) in [6.45, 7) is 1.76. The molecule has 11 heteroatoms. The SMILES string of the molecule is Cc1cc(NC(=O)/C(C=N)=C(/Nc2cccc3ccncc23)C(F)(F)F)ccc1-c1ccnc(N)n1. The van der Waals surface area contributed by atoms with E-state index in [0.29, 0.717) is 33.8 Å². The van der Waals surface area contributed by atoms with Crippen molar-refractivity contribution in [3.05, 3.63) is 84.0 Å². The maximum atomic E-state index is 14.0. The third-order valence-electron chi connectivity index (χ3n) is 5.32. The van der Waals surface area contributed by atoms with Crippen molar-refractivity contribution in [3.63, 3.8) is 0 Å². The van der Waals surface area contributed by atoms with Gasteiger partial charge in [-0.05, 0) is 48.2 Å². The minimum absolute atomic E-state index is 0.0965. The van der Waals surface area contributed by atoms with Gasteiger partial charge in [-0.3, -0.25) is 9.78 Å². The predicted molar refractivity (Wildman–Crippen MR) is 132 cm³/mol. The van der Waals surface area contributed by atoms with Crippen molar-refractivity contribution in [2.75, 3.05) is 16.4 Å².